The lowest BCUT2D eigenvalue weighted by Crippen LogP contribution is -2.45. The first kappa shape index (κ1) is 22.4. The average molecular weight is 461 g/mol. The van der Waals surface area contributed by atoms with E-state index in [-0.39, 0.29) is 11.9 Å². The van der Waals surface area contributed by atoms with Gasteiger partial charge in [-0.25, -0.2) is 0 Å². The fourth-order valence-corrected chi connectivity index (χ4v) is 5.57. The molecule has 2 fully saturated rings. The molecule has 2 saturated heterocycles. The van der Waals surface area contributed by atoms with E-state index in [1.165, 1.54) is 29.5 Å². The Morgan fingerprint density at radius 1 is 1.06 bits per heavy atom. The second-order valence-corrected chi connectivity index (χ2v) is 9.69. The van der Waals surface area contributed by atoms with Gasteiger partial charge in [0.1, 0.15) is 0 Å². The van der Waals surface area contributed by atoms with Gasteiger partial charge < -0.3 is 9.64 Å². The number of benzene rings is 2. The Hall–Kier alpha value is -1.75. The van der Waals surface area contributed by atoms with Gasteiger partial charge in [-0.05, 0) is 80.2 Å². The molecule has 0 amide bonds. The van der Waals surface area contributed by atoms with Crippen LogP contribution in [-0.2, 0) is 16.1 Å². The van der Waals surface area contributed by atoms with E-state index >= 15 is 0 Å². The van der Waals surface area contributed by atoms with Gasteiger partial charge in [0.15, 0.2) is 0 Å². The number of aryl methyl sites for hydroxylation is 2. The van der Waals surface area contributed by atoms with Crippen LogP contribution in [0, 0.1) is 19.8 Å². The van der Waals surface area contributed by atoms with E-state index in [0.29, 0.717) is 5.92 Å². The number of esters is 1. The number of hydrogen-bond donors (Lipinski definition) is 0. The van der Waals surface area contributed by atoms with E-state index in [1.807, 2.05) is 18.2 Å². The van der Waals surface area contributed by atoms with Crippen molar-refractivity contribution in [2.45, 2.75) is 39.2 Å². The SMILES string of the molecule is COC(=O)C1CCN(Cc2cc(C)c(N3CC(c4c(Cl)cccc4Cl)C3)cc2C)CC1. The lowest BCUT2D eigenvalue weighted by atomic mass is 9.89. The highest BCUT2D eigenvalue weighted by molar-refractivity contribution is 6.36. The Balaban J connectivity index is 1.39. The van der Waals surface area contributed by atoms with Crippen LogP contribution in [0.1, 0.15) is 41.0 Å². The first-order valence-electron chi connectivity index (χ1n) is 11.0. The summed E-state index contributed by atoms with van der Waals surface area (Å²) in [4.78, 5) is 16.6. The number of anilines is 1. The van der Waals surface area contributed by atoms with Gasteiger partial charge in [-0.3, -0.25) is 9.69 Å². The maximum Gasteiger partial charge on any atom is 0.308 e. The first-order valence-corrected chi connectivity index (χ1v) is 11.7. The average Bonchev–Trinajstić information content (AvgIpc) is 2.72. The van der Waals surface area contributed by atoms with Crippen molar-refractivity contribution in [2.24, 2.45) is 5.92 Å². The number of ether oxygens (including phenoxy) is 1. The van der Waals surface area contributed by atoms with Crippen molar-refractivity contribution in [3.8, 4) is 0 Å². The van der Waals surface area contributed by atoms with Crippen molar-refractivity contribution < 1.29 is 9.53 Å². The topological polar surface area (TPSA) is 32.8 Å². The van der Waals surface area contributed by atoms with Crippen molar-refractivity contribution in [1.82, 2.24) is 4.90 Å². The molecular weight excluding hydrogens is 431 g/mol. The minimum Gasteiger partial charge on any atom is -0.469 e. The zero-order valence-corrected chi connectivity index (χ0v) is 20.0. The van der Waals surface area contributed by atoms with E-state index in [0.717, 1.165) is 61.2 Å². The van der Waals surface area contributed by atoms with E-state index < -0.39 is 0 Å². The lowest BCUT2D eigenvalue weighted by Gasteiger charge is -2.43. The van der Waals surface area contributed by atoms with Crippen molar-refractivity contribution in [3.63, 3.8) is 0 Å². The molecule has 0 atom stereocenters. The van der Waals surface area contributed by atoms with Gasteiger partial charge in [-0.15, -0.1) is 0 Å². The van der Waals surface area contributed by atoms with Crippen LogP contribution >= 0.6 is 23.2 Å². The summed E-state index contributed by atoms with van der Waals surface area (Å²) < 4.78 is 4.90. The smallest absolute Gasteiger partial charge is 0.308 e. The molecule has 0 bridgehead atoms. The lowest BCUT2D eigenvalue weighted by molar-refractivity contribution is -0.147. The summed E-state index contributed by atoms with van der Waals surface area (Å²) in [6.45, 7) is 9.06. The predicted molar refractivity (Wildman–Crippen MR) is 127 cm³/mol. The van der Waals surface area contributed by atoms with Gasteiger partial charge in [0.25, 0.3) is 0 Å². The van der Waals surface area contributed by atoms with Gasteiger partial charge in [0.05, 0.1) is 13.0 Å². The van der Waals surface area contributed by atoms with E-state index in [2.05, 4.69) is 35.8 Å². The number of carbonyl (C=O) groups is 1. The second-order valence-electron chi connectivity index (χ2n) is 8.88. The summed E-state index contributed by atoms with van der Waals surface area (Å²) in [5.41, 5.74) is 6.35. The van der Waals surface area contributed by atoms with E-state index in [1.54, 1.807) is 0 Å². The molecule has 2 aromatic rings. The summed E-state index contributed by atoms with van der Waals surface area (Å²) in [5, 5.41) is 1.52. The number of piperidine rings is 1. The highest BCUT2D eigenvalue weighted by atomic mass is 35.5. The normalized spacial score (nSPS) is 18.2. The quantitative estimate of drug-likeness (QED) is 0.543. The summed E-state index contributed by atoms with van der Waals surface area (Å²) in [6, 6.07) is 10.4. The third-order valence-corrected chi connectivity index (χ3v) is 7.46. The molecular formula is C25H30Cl2N2O2. The molecule has 166 valence electrons. The van der Waals surface area contributed by atoms with Gasteiger partial charge in [-0.2, -0.15) is 0 Å². The number of carbonyl (C=O) groups excluding carboxylic acids is 1. The molecule has 2 aliphatic rings. The number of nitrogens with zero attached hydrogens (tertiary/aromatic N) is 2. The molecule has 2 aliphatic heterocycles. The number of halogens is 2. The molecule has 31 heavy (non-hydrogen) atoms. The van der Waals surface area contributed by atoms with Gasteiger partial charge in [-0.1, -0.05) is 35.3 Å². The van der Waals surface area contributed by atoms with Crippen LogP contribution in [-0.4, -0.2) is 44.2 Å². The Bertz CT molecular complexity index is 944. The predicted octanol–water partition coefficient (Wildman–Crippen LogP) is 5.60. The van der Waals surface area contributed by atoms with Crippen molar-refractivity contribution in [1.29, 1.82) is 0 Å². The number of methoxy groups -OCH3 is 1. The highest BCUT2D eigenvalue weighted by Crippen LogP contribution is 2.40. The van der Waals surface area contributed by atoms with Crippen LogP contribution in [0.4, 0.5) is 5.69 Å². The minimum atomic E-state index is -0.0676. The van der Waals surface area contributed by atoms with Crippen LogP contribution in [0.15, 0.2) is 30.3 Å². The number of likely N-dealkylation sites (tertiary alicyclic amines) is 1. The molecule has 0 aliphatic carbocycles. The third kappa shape index (κ3) is 4.72. The summed E-state index contributed by atoms with van der Waals surface area (Å²) in [5.74, 6) is 0.357. The van der Waals surface area contributed by atoms with E-state index in [4.69, 9.17) is 27.9 Å². The molecule has 2 aromatic carbocycles. The number of rotatable bonds is 5. The van der Waals surface area contributed by atoms with E-state index in [9.17, 15) is 4.79 Å². The molecule has 0 radical (unpaired) electrons. The molecule has 4 nitrogen and oxygen atoms in total. The molecule has 0 aromatic heterocycles. The van der Waals surface area contributed by atoms with Crippen LogP contribution in [0.2, 0.25) is 10.0 Å². The van der Waals surface area contributed by atoms with Crippen LogP contribution in [0.3, 0.4) is 0 Å². The third-order valence-electron chi connectivity index (χ3n) is 6.80. The maximum atomic E-state index is 11.8. The van der Waals surface area contributed by atoms with Crippen LogP contribution in [0.25, 0.3) is 0 Å². The monoisotopic (exact) mass is 460 g/mol. The van der Waals surface area contributed by atoms with Gasteiger partial charge in [0, 0.05) is 41.3 Å². The molecule has 0 saturated carbocycles. The molecule has 2 heterocycles. The minimum absolute atomic E-state index is 0.0532. The van der Waals surface area contributed by atoms with Crippen LogP contribution < -0.4 is 4.90 Å². The largest absolute Gasteiger partial charge is 0.469 e. The molecule has 0 unspecified atom stereocenters. The molecule has 6 heteroatoms. The zero-order valence-electron chi connectivity index (χ0n) is 18.5. The van der Waals surface area contributed by atoms with Crippen molar-refractivity contribution >= 4 is 34.9 Å². The van der Waals surface area contributed by atoms with Gasteiger partial charge >= 0.3 is 5.97 Å². The zero-order chi connectivity index (χ0) is 22.1. The Morgan fingerprint density at radius 2 is 1.71 bits per heavy atom. The molecule has 0 N–H and O–H groups in total. The summed E-state index contributed by atoms with van der Waals surface area (Å²) in [7, 11) is 1.48. The maximum absolute atomic E-state index is 11.8. The summed E-state index contributed by atoms with van der Waals surface area (Å²) in [6.07, 6.45) is 1.76. The highest BCUT2D eigenvalue weighted by Gasteiger charge is 2.32. The van der Waals surface area contributed by atoms with Crippen LogP contribution in [0.5, 0.6) is 0 Å². The Kier molecular flexibility index (Phi) is 6.80. The molecule has 4 rings (SSSR count). The fraction of sp³-hybridized carbons (Fsp3) is 0.480. The standard InChI is InChI=1S/C25H30Cl2N2O2/c1-16-12-23(29-14-20(15-29)24-21(26)5-4-6-22(24)27)17(2)11-19(16)13-28-9-7-18(8-10-28)25(30)31-3/h4-6,11-12,18,20H,7-10,13-15H2,1-3H3. The first-order chi connectivity index (χ1) is 14.9. The fourth-order valence-electron chi connectivity index (χ4n) is 4.86. The Morgan fingerprint density at radius 3 is 2.32 bits per heavy atom. The molecule has 0 spiro atoms. The Labute approximate surface area is 195 Å². The van der Waals surface area contributed by atoms with Gasteiger partial charge in [0.2, 0.25) is 0 Å². The van der Waals surface area contributed by atoms with Crippen molar-refractivity contribution in [2.75, 3.05) is 38.2 Å². The number of hydrogen-bond acceptors (Lipinski definition) is 4. The van der Waals surface area contributed by atoms with Crippen molar-refractivity contribution in [3.05, 3.63) is 62.6 Å². The summed E-state index contributed by atoms with van der Waals surface area (Å²) >= 11 is 12.8. The second kappa shape index (κ2) is 9.40.